The quantitative estimate of drug-likeness (QED) is 0.759. The standard InChI is InChI=1S/C20H22F3N5O2/c21-20(22,23)16-13-17(26-18(25-16)14-4-6-24-7-5-14)28-8-2-1-3-15(28)19(29)27-9-11-30-12-10-27/h4-7,13,15H,1-3,8-12H2/t15-/m0/s1. The molecule has 0 radical (unpaired) electrons. The van der Waals surface area contributed by atoms with Crippen LogP contribution in [0.5, 0.6) is 0 Å². The molecule has 1 amide bonds. The number of aromatic nitrogens is 3. The summed E-state index contributed by atoms with van der Waals surface area (Å²) in [7, 11) is 0. The van der Waals surface area contributed by atoms with Crippen molar-refractivity contribution in [2.24, 2.45) is 0 Å². The van der Waals surface area contributed by atoms with Gasteiger partial charge in [0.15, 0.2) is 11.5 Å². The van der Waals surface area contributed by atoms with Crippen molar-refractivity contribution >= 4 is 11.7 Å². The summed E-state index contributed by atoms with van der Waals surface area (Å²) in [5, 5.41) is 0. The molecule has 0 aromatic carbocycles. The van der Waals surface area contributed by atoms with Crippen LogP contribution in [-0.2, 0) is 15.7 Å². The Morgan fingerprint density at radius 2 is 1.80 bits per heavy atom. The fraction of sp³-hybridized carbons (Fsp3) is 0.500. The van der Waals surface area contributed by atoms with Crippen LogP contribution < -0.4 is 4.90 Å². The van der Waals surface area contributed by atoms with Crippen molar-refractivity contribution in [3.8, 4) is 11.4 Å². The lowest BCUT2D eigenvalue weighted by molar-refractivity contribution is -0.141. The zero-order chi connectivity index (χ0) is 21.1. The third-order valence-corrected chi connectivity index (χ3v) is 5.35. The number of piperidine rings is 1. The van der Waals surface area contributed by atoms with E-state index in [4.69, 9.17) is 4.74 Å². The predicted molar refractivity (Wildman–Crippen MR) is 103 cm³/mol. The van der Waals surface area contributed by atoms with Gasteiger partial charge in [-0.1, -0.05) is 0 Å². The smallest absolute Gasteiger partial charge is 0.378 e. The molecular formula is C20H22F3N5O2. The first-order chi connectivity index (χ1) is 14.4. The van der Waals surface area contributed by atoms with E-state index in [1.807, 2.05) is 0 Å². The van der Waals surface area contributed by atoms with Crippen LogP contribution in [0.2, 0.25) is 0 Å². The molecule has 30 heavy (non-hydrogen) atoms. The van der Waals surface area contributed by atoms with Gasteiger partial charge < -0.3 is 14.5 Å². The van der Waals surface area contributed by atoms with Crippen molar-refractivity contribution in [3.05, 3.63) is 36.3 Å². The molecule has 0 unspecified atom stereocenters. The molecule has 2 aliphatic heterocycles. The van der Waals surface area contributed by atoms with E-state index in [0.29, 0.717) is 44.8 Å². The Morgan fingerprint density at radius 3 is 2.50 bits per heavy atom. The summed E-state index contributed by atoms with van der Waals surface area (Å²) in [4.78, 5) is 28.6. The summed E-state index contributed by atoms with van der Waals surface area (Å²) in [5.41, 5.74) is -0.590. The summed E-state index contributed by atoms with van der Waals surface area (Å²) in [5.74, 6) is -0.00329. The minimum absolute atomic E-state index is 0.0367. The summed E-state index contributed by atoms with van der Waals surface area (Å²) in [6, 6.07) is 3.52. The number of halogens is 3. The zero-order valence-corrected chi connectivity index (χ0v) is 16.3. The first-order valence-corrected chi connectivity index (χ1v) is 9.93. The first-order valence-electron chi connectivity index (χ1n) is 9.93. The molecule has 7 nitrogen and oxygen atoms in total. The molecular weight excluding hydrogens is 399 g/mol. The Bertz CT molecular complexity index is 888. The average Bonchev–Trinajstić information content (AvgIpc) is 2.79. The molecule has 4 rings (SSSR count). The summed E-state index contributed by atoms with van der Waals surface area (Å²) in [6.45, 7) is 2.38. The zero-order valence-electron chi connectivity index (χ0n) is 16.3. The lowest BCUT2D eigenvalue weighted by atomic mass is 10.0. The number of alkyl halides is 3. The topological polar surface area (TPSA) is 71.5 Å². The van der Waals surface area contributed by atoms with Gasteiger partial charge in [0.25, 0.3) is 0 Å². The largest absolute Gasteiger partial charge is 0.433 e. The molecule has 2 aliphatic rings. The number of nitrogens with zero attached hydrogens (tertiary/aromatic N) is 5. The maximum absolute atomic E-state index is 13.6. The SMILES string of the molecule is O=C([C@@H]1CCCCN1c1cc(C(F)(F)F)nc(-c2ccncc2)n1)N1CCOCC1. The number of carbonyl (C=O) groups is 1. The van der Waals surface area contributed by atoms with Crippen molar-refractivity contribution < 1.29 is 22.7 Å². The molecule has 10 heteroatoms. The van der Waals surface area contributed by atoms with Gasteiger partial charge in [-0.3, -0.25) is 9.78 Å². The highest BCUT2D eigenvalue weighted by atomic mass is 19.4. The maximum atomic E-state index is 13.6. The maximum Gasteiger partial charge on any atom is 0.433 e. The van der Waals surface area contributed by atoms with Crippen molar-refractivity contribution in [1.82, 2.24) is 19.9 Å². The normalized spacial score (nSPS) is 20.3. The number of amides is 1. The van der Waals surface area contributed by atoms with E-state index in [9.17, 15) is 18.0 Å². The van der Waals surface area contributed by atoms with Gasteiger partial charge >= 0.3 is 6.18 Å². The monoisotopic (exact) mass is 421 g/mol. The van der Waals surface area contributed by atoms with Crippen LogP contribution in [0.1, 0.15) is 25.0 Å². The molecule has 2 fully saturated rings. The molecule has 0 spiro atoms. The number of pyridine rings is 1. The van der Waals surface area contributed by atoms with E-state index in [2.05, 4.69) is 15.0 Å². The highest BCUT2D eigenvalue weighted by Gasteiger charge is 2.37. The lowest BCUT2D eigenvalue weighted by Crippen LogP contribution is -2.54. The number of ether oxygens (including phenoxy) is 1. The third-order valence-electron chi connectivity index (χ3n) is 5.35. The van der Waals surface area contributed by atoms with Gasteiger partial charge in [-0.25, -0.2) is 9.97 Å². The molecule has 160 valence electrons. The van der Waals surface area contributed by atoms with Crippen LogP contribution in [-0.4, -0.2) is 64.6 Å². The van der Waals surface area contributed by atoms with Crippen molar-refractivity contribution in [3.63, 3.8) is 0 Å². The summed E-state index contributed by atoms with van der Waals surface area (Å²) in [6.07, 6.45) is 0.522. The Labute approximate surface area is 171 Å². The fourth-order valence-corrected chi connectivity index (χ4v) is 3.81. The van der Waals surface area contributed by atoms with Crippen LogP contribution in [0.25, 0.3) is 11.4 Å². The first kappa shape index (κ1) is 20.5. The highest BCUT2D eigenvalue weighted by Crippen LogP contribution is 2.33. The van der Waals surface area contributed by atoms with E-state index in [1.165, 1.54) is 12.4 Å². The van der Waals surface area contributed by atoms with Gasteiger partial charge in [0, 0.05) is 43.7 Å². The van der Waals surface area contributed by atoms with E-state index >= 15 is 0 Å². The van der Waals surface area contributed by atoms with Crippen LogP contribution in [0.3, 0.4) is 0 Å². The van der Waals surface area contributed by atoms with Crippen molar-refractivity contribution in [2.75, 3.05) is 37.7 Å². The Kier molecular flexibility index (Phi) is 5.85. The van der Waals surface area contributed by atoms with E-state index in [-0.39, 0.29) is 17.5 Å². The molecule has 4 heterocycles. The molecule has 0 N–H and O–H groups in total. The number of hydrogen-bond acceptors (Lipinski definition) is 6. The van der Waals surface area contributed by atoms with Crippen LogP contribution in [0, 0.1) is 0 Å². The van der Waals surface area contributed by atoms with Gasteiger partial charge in [0.2, 0.25) is 5.91 Å². The molecule has 0 saturated carbocycles. The van der Waals surface area contributed by atoms with Crippen LogP contribution in [0.15, 0.2) is 30.6 Å². The second kappa shape index (κ2) is 8.55. The number of rotatable bonds is 3. The molecule has 2 aromatic rings. The Balaban J connectivity index is 1.72. The lowest BCUT2D eigenvalue weighted by Gasteiger charge is -2.39. The van der Waals surface area contributed by atoms with Crippen molar-refractivity contribution in [1.29, 1.82) is 0 Å². The van der Waals surface area contributed by atoms with Gasteiger partial charge in [-0.2, -0.15) is 13.2 Å². The van der Waals surface area contributed by atoms with Crippen molar-refractivity contribution in [2.45, 2.75) is 31.5 Å². The van der Waals surface area contributed by atoms with Gasteiger partial charge in [0.05, 0.1) is 13.2 Å². The predicted octanol–water partition coefficient (Wildman–Crippen LogP) is 2.78. The number of carbonyl (C=O) groups excluding carboxylic acids is 1. The van der Waals surface area contributed by atoms with Gasteiger partial charge in [0.1, 0.15) is 11.9 Å². The molecule has 0 bridgehead atoms. The van der Waals surface area contributed by atoms with Gasteiger partial charge in [-0.05, 0) is 31.4 Å². The molecule has 0 aliphatic carbocycles. The minimum Gasteiger partial charge on any atom is -0.378 e. The summed E-state index contributed by atoms with van der Waals surface area (Å²) >= 11 is 0. The number of morpholine rings is 1. The highest BCUT2D eigenvalue weighted by molar-refractivity contribution is 5.85. The van der Waals surface area contributed by atoms with Crippen LogP contribution in [0.4, 0.5) is 19.0 Å². The molecule has 2 aromatic heterocycles. The van der Waals surface area contributed by atoms with Crippen LogP contribution >= 0.6 is 0 Å². The van der Waals surface area contributed by atoms with E-state index < -0.39 is 17.9 Å². The third kappa shape index (κ3) is 4.38. The minimum atomic E-state index is -4.63. The average molecular weight is 421 g/mol. The Morgan fingerprint density at radius 1 is 1.07 bits per heavy atom. The number of anilines is 1. The fourth-order valence-electron chi connectivity index (χ4n) is 3.81. The molecule has 2 saturated heterocycles. The molecule has 1 atom stereocenters. The second-order valence-electron chi connectivity index (χ2n) is 7.31. The number of hydrogen-bond donors (Lipinski definition) is 0. The van der Waals surface area contributed by atoms with E-state index in [0.717, 1.165) is 18.9 Å². The van der Waals surface area contributed by atoms with Gasteiger partial charge in [-0.15, -0.1) is 0 Å². The Hall–Kier alpha value is -2.75. The second-order valence-corrected chi connectivity index (χ2v) is 7.31. The van der Waals surface area contributed by atoms with E-state index in [1.54, 1.807) is 21.9 Å². The summed E-state index contributed by atoms with van der Waals surface area (Å²) < 4.78 is 46.0.